The summed E-state index contributed by atoms with van der Waals surface area (Å²) in [6.45, 7) is 0.968. The molecule has 5 rings (SSSR count). The third-order valence-corrected chi connectivity index (χ3v) is 7.03. The molecule has 1 fully saturated rings. The van der Waals surface area contributed by atoms with E-state index in [1.807, 2.05) is 42.4 Å². The molecule has 1 saturated carbocycles. The lowest BCUT2D eigenvalue weighted by Crippen LogP contribution is -2.40. The van der Waals surface area contributed by atoms with Crippen molar-refractivity contribution in [3.8, 4) is 17.0 Å². The number of phenolic OH excluding ortho intramolecular Hbond substituents is 1. The zero-order chi connectivity index (χ0) is 24.7. The van der Waals surface area contributed by atoms with E-state index in [2.05, 4.69) is 10.4 Å². The van der Waals surface area contributed by atoms with Crippen LogP contribution in [0.15, 0.2) is 42.6 Å². The predicted octanol–water partition coefficient (Wildman–Crippen LogP) is 4.02. The largest absolute Gasteiger partial charge is 0.503 e. The molecule has 0 saturated heterocycles. The highest BCUT2D eigenvalue weighted by molar-refractivity contribution is 5.99. The number of aromatic hydroxyl groups is 1. The Morgan fingerprint density at radius 3 is 2.49 bits per heavy atom. The quantitative estimate of drug-likeness (QED) is 0.578. The molecular formula is C26H26F2N4O3. The summed E-state index contributed by atoms with van der Waals surface area (Å²) in [6.07, 6.45) is 5.22. The second-order valence-electron chi connectivity index (χ2n) is 9.35. The summed E-state index contributed by atoms with van der Waals surface area (Å²) >= 11 is 0. The Kier molecular flexibility index (Phi) is 6.00. The number of rotatable bonds is 5. The van der Waals surface area contributed by atoms with Crippen LogP contribution in [0.2, 0.25) is 0 Å². The summed E-state index contributed by atoms with van der Waals surface area (Å²) in [7, 11) is 1.87. The lowest BCUT2D eigenvalue weighted by Gasteiger charge is -2.34. The number of aromatic nitrogens is 2. The fraction of sp³-hybridized carbons (Fsp3) is 0.346. The highest BCUT2D eigenvalue weighted by atomic mass is 19.1. The molecule has 0 atom stereocenters. The van der Waals surface area contributed by atoms with Crippen LogP contribution in [-0.4, -0.2) is 44.2 Å². The van der Waals surface area contributed by atoms with Crippen molar-refractivity contribution < 1.29 is 23.5 Å². The Labute approximate surface area is 201 Å². The van der Waals surface area contributed by atoms with E-state index in [-0.39, 0.29) is 23.4 Å². The van der Waals surface area contributed by atoms with Gasteiger partial charge in [0.1, 0.15) is 0 Å². The molecule has 7 nitrogen and oxygen atoms in total. The summed E-state index contributed by atoms with van der Waals surface area (Å²) in [5.74, 6) is -3.73. The number of phenols is 1. The van der Waals surface area contributed by atoms with E-state index in [9.17, 15) is 23.5 Å². The van der Waals surface area contributed by atoms with E-state index in [0.29, 0.717) is 13.1 Å². The molecule has 2 amide bonds. The van der Waals surface area contributed by atoms with Gasteiger partial charge in [-0.15, -0.1) is 0 Å². The fourth-order valence-corrected chi connectivity index (χ4v) is 5.06. The number of fused-ring (bicyclic) bond motifs is 1. The molecule has 2 aromatic carbocycles. The molecule has 1 aliphatic heterocycles. The normalized spacial score (nSPS) is 19.6. The van der Waals surface area contributed by atoms with Crippen molar-refractivity contribution in [1.82, 2.24) is 20.0 Å². The van der Waals surface area contributed by atoms with Crippen LogP contribution in [0, 0.1) is 17.6 Å². The Bertz CT molecular complexity index is 1270. The lowest BCUT2D eigenvalue weighted by molar-refractivity contribution is 0.0635. The summed E-state index contributed by atoms with van der Waals surface area (Å²) in [4.78, 5) is 27.3. The monoisotopic (exact) mass is 480 g/mol. The van der Waals surface area contributed by atoms with E-state index in [0.717, 1.165) is 60.2 Å². The minimum Gasteiger partial charge on any atom is -0.503 e. The molecular weight excluding hydrogens is 454 g/mol. The molecule has 0 unspecified atom stereocenters. The van der Waals surface area contributed by atoms with E-state index in [1.54, 1.807) is 4.68 Å². The Morgan fingerprint density at radius 1 is 1.11 bits per heavy atom. The molecule has 2 heterocycles. The Balaban J connectivity index is 1.16. The molecule has 35 heavy (non-hydrogen) atoms. The van der Waals surface area contributed by atoms with Crippen molar-refractivity contribution in [2.24, 2.45) is 13.0 Å². The minimum absolute atomic E-state index is 0.0562. The summed E-state index contributed by atoms with van der Waals surface area (Å²) in [5, 5.41) is 16.4. The lowest BCUT2D eigenvalue weighted by atomic mass is 9.85. The summed E-state index contributed by atoms with van der Waals surface area (Å²) in [6, 6.07) is 9.60. The number of carbonyl (C=O) groups is 2. The maximum atomic E-state index is 13.5. The van der Waals surface area contributed by atoms with Crippen LogP contribution >= 0.6 is 0 Å². The average molecular weight is 481 g/mol. The standard InChI is InChI=1S/C26H26F2N4O3/c1-31-9-8-23(30-31)16-4-7-20-18(10-16)14-32(26(20)35)19-5-2-15(3-6-19)13-29-25(34)17-11-21(27)24(33)22(28)12-17/h4,7-12,15,19,33H,2-3,5-6,13-14H2,1H3,(H,29,34). The number of aryl methyl sites for hydroxylation is 1. The molecule has 0 bridgehead atoms. The molecule has 0 spiro atoms. The van der Waals surface area contributed by atoms with Crippen molar-refractivity contribution in [1.29, 1.82) is 0 Å². The first kappa shape index (κ1) is 23.0. The molecule has 2 aliphatic rings. The number of amides is 2. The number of nitrogens with zero attached hydrogens (tertiary/aromatic N) is 3. The van der Waals surface area contributed by atoms with Gasteiger partial charge in [0.2, 0.25) is 0 Å². The number of benzene rings is 2. The Hall–Kier alpha value is -3.75. The second kappa shape index (κ2) is 9.13. The number of carbonyl (C=O) groups excluding carboxylic acids is 2. The molecule has 1 aliphatic carbocycles. The number of halogens is 2. The van der Waals surface area contributed by atoms with Crippen LogP contribution in [0.4, 0.5) is 8.78 Å². The van der Waals surface area contributed by atoms with Crippen LogP contribution in [0.3, 0.4) is 0 Å². The maximum absolute atomic E-state index is 13.5. The SMILES string of the molecule is Cn1ccc(-c2ccc3c(c2)CN(C2CCC(CNC(=O)c4cc(F)c(O)c(F)c4)CC2)C3=O)n1. The van der Waals surface area contributed by atoms with Gasteiger partial charge in [-0.2, -0.15) is 5.10 Å². The molecule has 2 N–H and O–H groups in total. The van der Waals surface area contributed by atoms with Crippen molar-refractivity contribution in [2.75, 3.05) is 6.54 Å². The van der Waals surface area contributed by atoms with Gasteiger partial charge in [0.05, 0.1) is 5.69 Å². The van der Waals surface area contributed by atoms with Crippen LogP contribution in [0.1, 0.15) is 52.0 Å². The van der Waals surface area contributed by atoms with Gasteiger partial charge in [0.15, 0.2) is 17.4 Å². The summed E-state index contributed by atoms with van der Waals surface area (Å²) < 4.78 is 28.8. The third-order valence-electron chi connectivity index (χ3n) is 7.03. The molecule has 1 aromatic heterocycles. The van der Waals surface area contributed by atoms with Crippen molar-refractivity contribution in [2.45, 2.75) is 38.3 Å². The van der Waals surface area contributed by atoms with Gasteiger partial charge in [-0.3, -0.25) is 14.3 Å². The van der Waals surface area contributed by atoms with Gasteiger partial charge in [-0.25, -0.2) is 8.78 Å². The molecule has 9 heteroatoms. The first-order valence-electron chi connectivity index (χ1n) is 11.7. The first-order valence-corrected chi connectivity index (χ1v) is 11.7. The summed E-state index contributed by atoms with van der Waals surface area (Å²) in [5.41, 5.74) is 3.46. The predicted molar refractivity (Wildman–Crippen MR) is 125 cm³/mol. The van der Waals surface area contributed by atoms with E-state index in [4.69, 9.17) is 0 Å². The third kappa shape index (κ3) is 4.50. The van der Waals surface area contributed by atoms with Gasteiger partial charge < -0.3 is 15.3 Å². The highest BCUT2D eigenvalue weighted by Gasteiger charge is 2.35. The Morgan fingerprint density at radius 2 is 1.83 bits per heavy atom. The van der Waals surface area contributed by atoms with Crippen molar-refractivity contribution >= 4 is 11.8 Å². The van der Waals surface area contributed by atoms with Crippen LogP contribution in [0.25, 0.3) is 11.3 Å². The van der Waals surface area contributed by atoms with Crippen LogP contribution in [0.5, 0.6) is 5.75 Å². The van der Waals surface area contributed by atoms with Crippen LogP contribution in [-0.2, 0) is 13.6 Å². The highest BCUT2D eigenvalue weighted by Crippen LogP contribution is 2.34. The maximum Gasteiger partial charge on any atom is 0.254 e. The van der Waals surface area contributed by atoms with Crippen molar-refractivity contribution in [3.63, 3.8) is 0 Å². The molecule has 3 aromatic rings. The fourth-order valence-electron chi connectivity index (χ4n) is 5.06. The zero-order valence-corrected chi connectivity index (χ0v) is 19.3. The zero-order valence-electron chi connectivity index (χ0n) is 19.3. The smallest absolute Gasteiger partial charge is 0.254 e. The number of hydrogen-bond donors (Lipinski definition) is 2. The molecule has 182 valence electrons. The van der Waals surface area contributed by atoms with E-state index < -0.39 is 23.3 Å². The topological polar surface area (TPSA) is 87.5 Å². The molecule has 0 radical (unpaired) electrons. The van der Waals surface area contributed by atoms with E-state index in [1.165, 1.54) is 0 Å². The van der Waals surface area contributed by atoms with Crippen LogP contribution < -0.4 is 5.32 Å². The van der Waals surface area contributed by atoms with Gasteiger partial charge >= 0.3 is 0 Å². The minimum atomic E-state index is -1.17. The van der Waals surface area contributed by atoms with Gasteiger partial charge in [-0.05, 0) is 67.5 Å². The second-order valence-corrected chi connectivity index (χ2v) is 9.35. The van der Waals surface area contributed by atoms with Gasteiger partial charge in [-0.1, -0.05) is 6.07 Å². The van der Waals surface area contributed by atoms with Crippen molar-refractivity contribution in [3.05, 3.63) is 70.9 Å². The number of hydrogen-bond acceptors (Lipinski definition) is 4. The van der Waals surface area contributed by atoms with Gasteiger partial charge in [0, 0.05) is 49.1 Å². The average Bonchev–Trinajstić information content (AvgIpc) is 3.43. The van der Waals surface area contributed by atoms with E-state index >= 15 is 0 Å². The van der Waals surface area contributed by atoms with Gasteiger partial charge in [0.25, 0.3) is 11.8 Å². The first-order chi connectivity index (χ1) is 16.8. The number of nitrogens with one attached hydrogen (secondary N) is 1.